The Morgan fingerprint density at radius 3 is 2.82 bits per heavy atom. The minimum atomic E-state index is -0.123. The van der Waals surface area contributed by atoms with Gasteiger partial charge in [0.25, 0.3) is 0 Å². The average molecular weight is 235 g/mol. The van der Waals surface area contributed by atoms with Crippen LogP contribution in [0.3, 0.4) is 0 Å². The third kappa shape index (κ3) is 2.26. The van der Waals surface area contributed by atoms with Gasteiger partial charge in [-0.15, -0.1) is 0 Å². The first-order valence-corrected chi connectivity index (χ1v) is 6.70. The minimum absolute atomic E-state index is 0.123. The standard InChI is InChI=1S/C14H25N3/c1-10-11-4-5-12(9-11)14(10,17)7-2-3-13(16)6-8-15/h3,11-12H,1-2,4-9,15-17H2/b13-3+. The highest BCUT2D eigenvalue weighted by atomic mass is 14.8. The van der Waals surface area contributed by atoms with Gasteiger partial charge >= 0.3 is 0 Å². The van der Waals surface area contributed by atoms with Crippen LogP contribution in [-0.4, -0.2) is 12.1 Å². The van der Waals surface area contributed by atoms with Crippen molar-refractivity contribution in [1.29, 1.82) is 0 Å². The van der Waals surface area contributed by atoms with Gasteiger partial charge in [-0.2, -0.15) is 0 Å². The Morgan fingerprint density at radius 1 is 1.47 bits per heavy atom. The summed E-state index contributed by atoms with van der Waals surface area (Å²) in [6.07, 6.45) is 8.64. The van der Waals surface area contributed by atoms with Crippen molar-refractivity contribution >= 4 is 0 Å². The van der Waals surface area contributed by atoms with Gasteiger partial charge in [0.2, 0.25) is 0 Å². The summed E-state index contributed by atoms with van der Waals surface area (Å²) >= 11 is 0. The van der Waals surface area contributed by atoms with Crippen LogP contribution in [0.1, 0.15) is 38.5 Å². The number of nitrogens with two attached hydrogens (primary N) is 3. The highest BCUT2D eigenvalue weighted by Gasteiger charge is 2.50. The smallest absolute Gasteiger partial charge is 0.0400 e. The molecule has 96 valence electrons. The first-order chi connectivity index (χ1) is 8.08. The van der Waals surface area contributed by atoms with E-state index >= 15 is 0 Å². The molecule has 17 heavy (non-hydrogen) atoms. The van der Waals surface area contributed by atoms with E-state index in [1.165, 1.54) is 24.8 Å². The molecule has 0 saturated heterocycles. The maximum absolute atomic E-state index is 6.55. The Hall–Kier alpha value is -0.800. The summed E-state index contributed by atoms with van der Waals surface area (Å²) < 4.78 is 0. The molecule has 0 aromatic carbocycles. The van der Waals surface area contributed by atoms with E-state index in [0.29, 0.717) is 18.4 Å². The zero-order chi connectivity index (χ0) is 12.5. The molecule has 3 heteroatoms. The zero-order valence-corrected chi connectivity index (χ0v) is 10.6. The molecule has 3 nitrogen and oxygen atoms in total. The fourth-order valence-corrected chi connectivity index (χ4v) is 3.54. The van der Waals surface area contributed by atoms with Gasteiger partial charge in [-0.05, 0) is 56.9 Å². The maximum Gasteiger partial charge on any atom is 0.0400 e. The predicted molar refractivity (Wildman–Crippen MR) is 72.1 cm³/mol. The predicted octanol–water partition coefficient (Wildman–Crippen LogP) is 1.64. The summed E-state index contributed by atoms with van der Waals surface area (Å²) in [6, 6.07) is 0. The van der Waals surface area contributed by atoms with Crippen LogP contribution in [0, 0.1) is 11.8 Å². The molecule has 0 spiro atoms. The van der Waals surface area contributed by atoms with Gasteiger partial charge in [0.05, 0.1) is 0 Å². The largest absolute Gasteiger partial charge is 0.402 e. The van der Waals surface area contributed by atoms with Crippen LogP contribution in [0.25, 0.3) is 0 Å². The van der Waals surface area contributed by atoms with Gasteiger partial charge < -0.3 is 17.2 Å². The lowest BCUT2D eigenvalue weighted by molar-refractivity contribution is 0.320. The van der Waals surface area contributed by atoms with E-state index in [1.807, 2.05) is 0 Å². The molecule has 0 aromatic heterocycles. The van der Waals surface area contributed by atoms with Crippen molar-refractivity contribution in [2.45, 2.75) is 44.1 Å². The fraction of sp³-hybridized carbons (Fsp3) is 0.714. The second kappa shape index (κ2) is 4.83. The highest BCUT2D eigenvalue weighted by Crippen LogP contribution is 2.54. The average Bonchev–Trinajstić information content (AvgIpc) is 2.84. The topological polar surface area (TPSA) is 78.1 Å². The highest BCUT2D eigenvalue weighted by molar-refractivity contribution is 5.30. The zero-order valence-electron chi connectivity index (χ0n) is 10.6. The van der Waals surface area contributed by atoms with Crippen LogP contribution in [0.4, 0.5) is 0 Å². The Kier molecular flexibility index (Phi) is 3.59. The van der Waals surface area contributed by atoms with Gasteiger partial charge in [0, 0.05) is 11.2 Å². The SMILES string of the molecule is C=C1C2CCC(C2)C1(N)CC/C=C(/N)CCN. The van der Waals surface area contributed by atoms with Crippen LogP contribution < -0.4 is 17.2 Å². The molecular formula is C14H25N3. The Balaban J connectivity index is 1.91. The summed E-state index contributed by atoms with van der Waals surface area (Å²) in [5.41, 5.74) is 19.9. The lowest BCUT2D eigenvalue weighted by Gasteiger charge is -2.35. The second-order valence-corrected chi connectivity index (χ2v) is 5.63. The van der Waals surface area contributed by atoms with Crippen molar-refractivity contribution in [1.82, 2.24) is 0 Å². The van der Waals surface area contributed by atoms with Crippen molar-refractivity contribution in [3.8, 4) is 0 Å². The summed E-state index contributed by atoms with van der Waals surface area (Å²) in [6.45, 7) is 4.85. The van der Waals surface area contributed by atoms with E-state index in [2.05, 4.69) is 12.7 Å². The van der Waals surface area contributed by atoms with E-state index < -0.39 is 0 Å². The monoisotopic (exact) mass is 235 g/mol. The van der Waals surface area contributed by atoms with Gasteiger partial charge in [-0.25, -0.2) is 0 Å². The Morgan fingerprint density at radius 2 is 2.24 bits per heavy atom. The molecule has 0 amide bonds. The van der Waals surface area contributed by atoms with Gasteiger partial charge in [-0.1, -0.05) is 18.2 Å². The molecule has 2 aliphatic carbocycles. The maximum atomic E-state index is 6.55. The Bertz CT molecular complexity index is 334. The third-order valence-corrected chi connectivity index (χ3v) is 4.65. The second-order valence-electron chi connectivity index (χ2n) is 5.63. The molecule has 2 fully saturated rings. The van der Waals surface area contributed by atoms with Crippen LogP contribution >= 0.6 is 0 Å². The number of rotatable bonds is 5. The van der Waals surface area contributed by atoms with Crippen LogP contribution in [-0.2, 0) is 0 Å². The number of hydrogen-bond acceptors (Lipinski definition) is 3. The molecule has 0 heterocycles. The summed E-state index contributed by atoms with van der Waals surface area (Å²) in [4.78, 5) is 0. The van der Waals surface area contributed by atoms with Crippen molar-refractivity contribution in [2.75, 3.05) is 6.54 Å². The first kappa shape index (κ1) is 12.7. The van der Waals surface area contributed by atoms with Crippen molar-refractivity contribution in [3.05, 3.63) is 23.9 Å². The molecule has 2 saturated carbocycles. The molecular weight excluding hydrogens is 210 g/mol. The van der Waals surface area contributed by atoms with Crippen LogP contribution in [0.2, 0.25) is 0 Å². The molecule has 0 aliphatic heterocycles. The quantitative estimate of drug-likeness (QED) is 0.634. The minimum Gasteiger partial charge on any atom is -0.402 e. The lowest BCUT2D eigenvalue weighted by atomic mass is 9.75. The van der Waals surface area contributed by atoms with Crippen LogP contribution in [0.5, 0.6) is 0 Å². The van der Waals surface area contributed by atoms with E-state index in [1.54, 1.807) is 0 Å². The van der Waals surface area contributed by atoms with Crippen molar-refractivity contribution < 1.29 is 0 Å². The number of hydrogen-bond donors (Lipinski definition) is 3. The Labute approximate surface area is 104 Å². The van der Waals surface area contributed by atoms with Gasteiger partial charge in [0.15, 0.2) is 0 Å². The third-order valence-electron chi connectivity index (χ3n) is 4.65. The number of allylic oxidation sites excluding steroid dienone is 1. The molecule has 3 atom stereocenters. The van der Waals surface area contributed by atoms with E-state index in [4.69, 9.17) is 17.2 Å². The van der Waals surface area contributed by atoms with Gasteiger partial charge in [-0.3, -0.25) is 0 Å². The van der Waals surface area contributed by atoms with Crippen molar-refractivity contribution in [3.63, 3.8) is 0 Å². The lowest BCUT2D eigenvalue weighted by Crippen LogP contribution is -2.46. The molecule has 0 aromatic rings. The van der Waals surface area contributed by atoms with E-state index in [-0.39, 0.29) is 5.54 Å². The van der Waals surface area contributed by atoms with E-state index in [0.717, 1.165) is 25.0 Å². The van der Waals surface area contributed by atoms with Crippen LogP contribution in [0.15, 0.2) is 23.9 Å². The number of fused-ring (bicyclic) bond motifs is 2. The summed E-state index contributed by atoms with van der Waals surface area (Å²) in [5, 5.41) is 0. The summed E-state index contributed by atoms with van der Waals surface area (Å²) in [7, 11) is 0. The van der Waals surface area contributed by atoms with Crippen molar-refractivity contribution in [2.24, 2.45) is 29.0 Å². The molecule has 6 N–H and O–H groups in total. The van der Waals surface area contributed by atoms with Gasteiger partial charge in [0.1, 0.15) is 0 Å². The first-order valence-electron chi connectivity index (χ1n) is 6.70. The molecule has 2 rings (SSSR count). The normalized spacial score (nSPS) is 36.8. The van der Waals surface area contributed by atoms with E-state index in [9.17, 15) is 0 Å². The molecule has 3 unspecified atom stereocenters. The summed E-state index contributed by atoms with van der Waals surface area (Å²) in [5.74, 6) is 1.35. The fourth-order valence-electron chi connectivity index (χ4n) is 3.54. The molecule has 2 aliphatic rings. The molecule has 2 bridgehead atoms. The molecule has 0 radical (unpaired) electrons.